The molecule has 0 atom stereocenters. The molecule has 0 radical (unpaired) electrons. The predicted molar refractivity (Wildman–Crippen MR) is 61.6 cm³/mol. The zero-order chi connectivity index (χ0) is 11.5. The summed E-state index contributed by atoms with van der Waals surface area (Å²) in [5, 5.41) is 0. The average Bonchev–Trinajstić information content (AvgIpc) is 2.77. The van der Waals surface area contributed by atoms with Crippen LogP contribution in [0.4, 0.5) is 8.78 Å². The van der Waals surface area contributed by atoms with Crippen LogP contribution in [0.2, 0.25) is 0 Å². The summed E-state index contributed by atoms with van der Waals surface area (Å²) in [6.07, 6.45) is 3.52. The van der Waals surface area contributed by atoms with E-state index in [-0.39, 0.29) is 16.6 Å². The maximum absolute atomic E-state index is 13.6. The molecule has 16 heavy (non-hydrogen) atoms. The van der Waals surface area contributed by atoms with Crippen LogP contribution in [0.5, 0.6) is 0 Å². The smallest absolute Gasteiger partial charge is 0.145 e. The number of nitrogens with zero attached hydrogens (tertiary/aromatic N) is 1. The topological polar surface area (TPSA) is 17.0 Å². The molecular weight excluding hydrogens is 278 g/mol. The Morgan fingerprint density at radius 1 is 1.19 bits per heavy atom. The van der Waals surface area contributed by atoms with Gasteiger partial charge in [-0.25, -0.2) is 8.78 Å². The van der Waals surface area contributed by atoms with Gasteiger partial charge in [0.1, 0.15) is 11.6 Å². The molecule has 1 N–H and O–H groups in total. The summed E-state index contributed by atoms with van der Waals surface area (Å²) in [7, 11) is 0. The minimum atomic E-state index is -0.570. The number of aromatic nitrogens is 1. The monoisotopic (exact) mass is 286 g/mol. The third kappa shape index (κ3) is 2.24. The fourth-order valence-corrected chi connectivity index (χ4v) is 1.71. The van der Waals surface area contributed by atoms with Gasteiger partial charge in [0.15, 0.2) is 0 Å². The van der Waals surface area contributed by atoms with Gasteiger partial charge in [0.25, 0.3) is 0 Å². The molecule has 2 rings (SSSR count). The van der Waals surface area contributed by atoms with Crippen molar-refractivity contribution in [3.63, 3.8) is 0 Å². The molecule has 0 aliphatic heterocycles. The van der Waals surface area contributed by atoms with E-state index in [2.05, 4.69) is 21.4 Å². The van der Waals surface area contributed by atoms with E-state index in [1.807, 2.05) is 12.1 Å². The number of halogens is 3. The van der Waals surface area contributed by atoms with E-state index in [4.69, 9.17) is 0 Å². The Labute approximate surface area is 100.0 Å². The van der Waals surface area contributed by atoms with Crippen LogP contribution in [0.15, 0.2) is 41.1 Å². The molecular formula is C11H9BrF2N2. The molecule has 0 fully saturated rings. The zero-order valence-electron chi connectivity index (χ0n) is 8.25. The number of nitrogens with one attached hydrogen (secondary N) is 1. The highest BCUT2D eigenvalue weighted by atomic mass is 79.9. The van der Waals surface area contributed by atoms with Crippen molar-refractivity contribution in [3.8, 4) is 0 Å². The third-order valence-electron chi connectivity index (χ3n) is 2.18. The van der Waals surface area contributed by atoms with Crippen LogP contribution in [-0.4, -0.2) is 4.68 Å². The van der Waals surface area contributed by atoms with Gasteiger partial charge >= 0.3 is 0 Å². The van der Waals surface area contributed by atoms with Crippen molar-refractivity contribution >= 4 is 15.9 Å². The predicted octanol–water partition coefficient (Wildman–Crippen LogP) is 3.27. The van der Waals surface area contributed by atoms with Gasteiger partial charge in [-0.05, 0) is 40.2 Å². The Hall–Kier alpha value is -1.36. The van der Waals surface area contributed by atoms with Gasteiger partial charge in [0, 0.05) is 18.0 Å². The highest BCUT2D eigenvalue weighted by Crippen LogP contribution is 2.21. The summed E-state index contributed by atoms with van der Waals surface area (Å²) in [5.74, 6) is -1.12. The van der Waals surface area contributed by atoms with Crippen LogP contribution >= 0.6 is 15.9 Å². The van der Waals surface area contributed by atoms with Crippen molar-refractivity contribution in [2.24, 2.45) is 0 Å². The van der Waals surface area contributed by atoms with E-state index in [0.717, 1.165) is 0 Å². The molecule has 0 spiro atoms. The lowest BCUT2D eigenvalue weighted by Crippen LogP contribution is -2.14. The molecule has 2 aromatic rings. The molecule has 1 aromatic heterocycles. The number of hydrogen-bond acceptors (Lipinski definition) is 1. The summed E-state index contributed by atoms with van der Waals surface area (Å²) in [6.45, 7) is 0.0891. The maximum atomic E-state index is 13.6. The van der Waals surface area contributed by atoms with Gasteiger partial charge in [0.2, 0.25) is 0 Å². The second kappa shape index (κ2) is 4.65. The number of hydrogen-bond donors (Lipinski definition) is 1. The Morgan fingerprint density at radius 2 is 1.88 bits per heavy atom. The largest absolute Gasteiger partial charge is 0.322 e. The molecule has 0 unspecified atom stereocenters. The van der Waals surface area contributed by atoms with Crippen molar-refractivity contribution < 1.29 is 8.78 Å². The van der Waals surface area contributed by atoms with Crippen molar-refractivity contribution in [1.82, 2.24) is 4.68 Å². The quantitative estimate of drug-likeness (QED) is 0.857. The molecule has 0 amide bonds. The van der Waals surface area contributed by atoms with Crippen LogP contribution < -0.4 is 5.43 Å². The Bertz CT molecular complexity index is 483. The lowest BCUT2D eigenvalue weighted by atomic mass is 10.2. The summed E-state index contributed by atoms with van der Waals surface area (Å²) >= 11 is 3.02. The first-order chi connectivity index (χ1) is 7.68. The summed E-state index contributed by atoms with van der Waals surface area (Å²) in [5.41, 5.74) is 2.88. The first-order valence-electron chi connectivity index (χ1n) is 4.67. The second-order valence-corrected chi connectivity index (χ2v) is 4.10. The number of benzene rings is 1. The van der Waals surface area contributed by atoms with Crippen molar-refractivity contribution in [1.29, 1.82) is 0 Å². The van der Waals surface area contributed by atoms with Crippen molar-refractivity contribution in [3.05, 3.63) is 58.3 Å². The fraction of sp³-hybridized carbons (Fsp3) is 0.0909. The summed E-state index contributed by atoms with van der Waals surface area (Å²) < 4.78 is 28.8. The highest BCUT2D eigenvalue weighted by Gasteiger charge is 2.11. The lowest BCUT2D eigenvalue weighted by Gasteiger charge is -2.10. The van der Waals surface area contributed by atoms with Crippen molar-refractivity contribution in [2.45, 2.75) is 6.54 Å². The molecule has 1 aromatic carbocycles. The first-order valence-corrected chi connectivity index (χ1v) is 5.47. The number of rotatable bonds is 3. The van der Waals surface area contributed by atoms with Gasteiger partial charge in [-0.1, -0.05) is 0 Å². The molecule has 0 aliphatic rings. The van der Waals surface area contributed by atoms with Crippen LogP contribution in [0.3, 0.4) is 0 Å². The maximum Gasteiger partial charge on any atom is 0.145 e. The Balaban J connectivity index is 2.18. The Morgan fingerprint density at radius 3 is 2.56 bits per heavy atom. The third-order valence-corrected chi connectivity index (χ3v) is 2.79. The normalized spacial score (nSPS) is 10.4. The molecule has 5 heteroatoms. The lowest BCUT2D eigenvalue weighted by molar-refractivity contribution is 0.551. The first kappa shape index (κ1) is 11.1. The van der Waals surface area contributed by atoms with Gasteiger partial charge in [-0.15, -0.1) is 0 Å². The molecule has 0 saturated heterocycles. The zero-order valence-corrected chi connectivity index (χ0v) is 9.84. The fourth-order valence-electron chi connectivity index (χ4n) is 1.34. The molecule has 0 bridgehead atoms. The van der Waals surface area contributed by atoms with Crippen LogP contribution in [0.25, 0.3) is 0 Å². The second-order valence-electron chi connectivity index (χ2n) is 3.25. The van der Waals surface area contributed by atoms with Gasteiger partial charge < -0.3 is 5.43 Å². The van der Waals surface area contributed by atoms with Crippen molar-refractivity contribution in [2.75, 3.05) is 5.43 Å². The van der Waals surface area contributed by atoms with E-state index >= 15 is 0 Å². The van der Waals surface area contributed by atoms with E-state index < -0.39 is 11.6 Å². The molecule has 1 heterocycles. The minimum absolute atomic E-state index is 0.0167. The average molecular weight is 287 g/mol. The van der Waals surface area contributed by atoms with E-state index in [9.17, 15) is 8.78 Å². The Kier molecular flexibility index (Phi) is 3.24. The van der Waals surface area contributed by atoms with Gasteiger partial charge in [-0.2, -0.15) is 0 Å². The summed E-state index contributed by atoms with van der Waals surface area (Å²) in [6, 6.07) is 6.23. The van der Waals surface area contributed by atoms with E-state index in [1.165, 1.54) is 12.1 Å². The molecule has 0 saturated carbocycles. The van der Waals surface area contributed by atoms with Crippen LogP contribution in [0, 0.1) is 11.6 Å². The highest BCUT2D eigenvalue weighted by molar-refractivity contribution is 9.10. The molecule has 0 aliphatic carbocycles. The van der Waals surface area contributed by atoms with E-state index in [1.54, 1.807) is 17.1 Å². The van der Waals surface area contributed by atoms with Gasteiger partial charge in [0.05, 0.1) is 11.0 Å². The molecule has 84 valence electrons. The minimum Gasteiger partial charge on any atom is -0.322 e. The molecule has 2 nitrogen and oxygen atoms in total. The van der Waals surface area contributed by atoms with E-state index in [0.29, 0.717) is 0 Å². The SMILES string of the molecule is Fc1ccc(Br)c(F)c1CNn1cccc1. The van der Waals surface area contributed by atoms with Crippen LogP contribution in [-0.2, 0) is 6.54 Å². The standard InChI is InChI=1S/C11H9BrF2N2/c12-9-3-4-10(13)8(11(9)14)7-15-16-5-1-2-6-16/h1-6,15H,7H2. The van der Waals surface area contributed by atoms with Gasteiger partial charge in [-0.3, -0.25) is 4.68 Å². The van der Waals surface area contributed by atoms with Crippen LogP contribution in [0.1, 0.15) is 5.56 Å². The summed E-state index contributed by atoms with van der Waals surface area (Å²) in [4.78, 5) is 0.